The quantitative estimate of drug-likeness (QED) is 0.278. The molecule has 2 aromatic carbocycles. The van der Waals surface area contributed by atoms with Gasteiger partial charge in [0.1, 0.15) is 0 Å². The summed E-state index contributed by atoms with van der Waals surface area (Å²) in [6.45, 7) is 11.4. The average molecular weight is 660 g/mol. The van der Waals surface area contributed by atoms with Gasteiger partial charge in [0.25, 0.3) is 5.56 Å². The standard InChI is InChI=1S/C31H35BrN2O7S/c1-9-39-30(36)26-18(6)33-31-34(27(26)19-10-11-22(40-16(2)3)23(13-19)37-7)29(35)25(42-31)14-20-12-21(32)15-24(38-8)28(20)41-17(4)5/h10-17,27H,9H2,1-8H3/b25-14+/t27-/m1/s1. The van der Waals surface area contributed by atoms with Crippen molar-refractivity contribution in [3.63, 3.8) is 0 Å². The average Bonchev–Trinajstić information content (AvgIpc) is 3.22. The molecular formula is C31H35BrN2O7S. The summed E-state index contributed by atoms with van der Waals surface area (Å²) >= 11 is 4.76. The number of esters is 1. The van der Waals surface area contributed by atoms with Gasteiger partial charge in [-0.3, -0.25) is 9.36 Å². The Morgan fingerprint density at radius 2 is 1.74 bits per heavy atom. The van der Waals surface area contributed by atoms with E-state index in [0.29, 0.717) is 49.2 Å². The maximum absolute atomic E-state index is 14.1. The molecule has 2 heterocycles. The van der Waals surface area contributed by atoms with E-state index in [1.807, 2.05) is 45.9 Å². The minimum Gasteiger partial charge on any atom is -0.493 e. The predicted molar refractivity (Wildman–Crippen MR) is 166 cm³/mol. The van der Waals surface area contributed by atoms with Gasteiger partial charge in [-0.1, -0.05) is 33.3 Å². The number of thiazole rings is 1. The lowest BCUT2D eigenvalue weighted by atomic mass is 9.95. The van der Waals surface area contributed by atoms with Crippen LogP contribution in [0.1, 0.15) is 58.7 Å². The molecule has 0 radical (unpaired) electrons. The number of aromatic nitrogens is 1. The zero-order valence-corrected chi connectivity index (χ0v) is 27.3. The molecule has 1 aliphatic rings. The van der Waals surface area contributed by atoms with Gasteiger partial charge in [-0.25, -0.2) is 9.79 Å². The highest BCUT2D eigenvalue weighted by Crippen LogP contribution is 2.38. The summed E-state index contributed by atoms with van der Waals surface area (Å²) in [5.74, 6) is 1.56. The number of carbonyl (C=O) groups excluding carboxylic acids is 1. The number of ether oxygens (including phenoxy) is 5. The van der Waals surface area contributed by atoms with Crippen LogP contribution in [0.2, 0.25) is 0 Å². The molecule has 0 bridgehead atoms. The van der Waals surface area contributed by atoms with Gasteiger partial charge in [-0.05, 0) is 77.4 Å². The van der Waals surface area contributed by atoms with Crippen LogP contribution in [0, 0.1) is 0 Å². The molecular weight excluding hydrogens is 624 g/mol. The molecule has 11 heteroatoms. The third-order valence-corrected chi connectivity index (χ3v) is 7.73. The highest BCUT2D eigenvalue weighted by molar-refractivity contribution is 9.10. The summed E-state index contributed by atoms with van der Waals surface area (Å²) in [7, 11) is 3.12. The molecule has 0 saturated carbocycles. The first-order chi connectivity index (χ1) is 20.0. The van der Waals surface area contributed by atoms with Crippen molar-refractivity contribution in [2.24, 2.45) is 4.99 Å². The molecule has 4 rings (SSSR count). The lowest BCUT2D eigenvalue weighted by molar-refractivity contribution is -0.139. The van der Waals surface area contributed by atoms with Gasteiger partial charge >= 0.3 is 5.97 Å². The highest BCUT2D eigenvalue weighted by Gasteiger charge is 2.34. The fourth-order valence-corrected chi connectivity index (χ4v) is 6.16. The number of halogens is 1. The Kier molecular flexibility index (Phi) is 9.83. The van der Waals surface area contributed by atoms with E-state index in [2.05, 4.69) is 20.9 Å². The number of hydrogen-bond acceptors (Lipinski definition) is 9. The summed E-state index contributed by atoms with van der Waals surface area (Å²) in [6.07, 6.45) is 1.57. The number of hydrogen-bond donors (Lipinski definition) is 0. The van der Waals surface area contributed by atoms with Gasteiger partial charge in [0.05, 0.1) is 54.9 Å². The van der Waals surface area contributed by atoms with Crippen LogP contribution in [-0.4, -0.2) is 43.6 Å². The summed E-state index contributed by atoms with van der Waals surface area (Å²) < 4.78 is 31.3. The zero-order chi connectivity index (χ0) is 30.7. The van der Waals surface area contributed by atoms with Gasteiger partial charge in [0.15, 0.2) is 27.8 Å². The number of methoxy groups -OCH3 is 2. The van der Waals surface area contributed by atoms with Crippen LogP contribution < -0.4 is 33.8 Å². The smallest absolute Gasteiger partial charge is 0.338 e. The van der Waals surface area contributed by atoms with Crippen molar-refractivity contribution in [3.05, 3.63) is 76.9 Å². The molecule has 0 unspecified atom stereocenters. The number of fused-ring (bicyclic) bond motifs is 1. The summed E-state index contributed by atoms with van der Waals surface area (Å²) in [5.41, 5.74) is 1.76. The fraction of sp³-hybridized carbons (Fsp3) is 0.387. The lowest BCUT2D eigenvalue weighted by Gasteiger charge is -2.25. The Balaban J connectivity index is 1.98. The van der Waals surface area contributed by atoms with Crippen LogP contribution >= 0.6 is 27.3 Å². The number of allylic oxidation sites excluding steroid dienone is 1. The van der Waals surface area contributed by atoms with E-state index in [-0.39, 0.29) is 29.9 Å². The van der Waals surface area contributed by atoms with E-state index >= 15 is 0 Å². The minimum atomic E-state index is -0.798. The summed E-state index contributed by atoms with van der Waals surface area (Å²) in [5, 5.41) is 0. The maximum Gasteiger partial charge on any atom is 0.338 e. The third-order valence-electron chi connectivity index (χ3n) is 6.29. The Labute approximate surface area is 257 Å². The van der Waals surface area contributed by atoms with Crippen LogP contribution in [-0.2, 0) is 9.53 Å². The minimum absolute atomic E-state index is 0.0686. The van der Waals surface area contributed by atoms with Gasteiger partial charge in [-0.2, -0.15) is 0 Å². The molecule has 3 aromatic rings. The molecule has 1 atom stereocenters. The van der Waals surface area contributed by atoms with E-state index < -0.39 is 12.0 Å². The Bertz CT molecular complexity index is 1700. The van der Waals surface area contributed by atoms with Crippen molar-refractivity contribution in [3.8, 4) is 23.0 Å². The molecule has 224 valence electrons. The molecule has 1 aliphatic heterocycles. The van der Waals surface area contributed by atoms with Gasteiger partial charge in [-0.15, -0.1) is 0 Å². The van der Waals surface area contributed by atoms with E-state index in [1.165, 1.54) is 15.9 Å². The first-order valence-corrected chi connectivity index (χ1v) is 15.2. The van der Waals surface area contributed by atoms with Gasteiger partial charge in [0.2, 0.25) is 0 Å². The van der Waals surface area contributed by atoms with E-state index in [1.54, 1.807) is 46.3 Å². The molecule has 9 nitrogen and oxygen atoms in total. The van der Waals surface area contributed by atoms with E-state index in [0.717, 1.165) is 4.47 Å². The molecule has 0 spiro atoms. The molecule has 1 aromatic heterocycles. The monoisotopic (exact) mass is 658 g/mol. The van der Waals surface area contributed by atoms with Crippen LogP contribution in [0.4, 0.5) is 0 Å². The predicted octanol–water partition coefficient (Wildman–Crippen LogP) is 5.15. The molecule has 0 N–H and O–H groups in total. The van der Waals surface area contributed by atoms with Crippen LogP contribution in [0.15, 0.2) is 55.9 Å². The van der Waals surface area contributed by atoms with Crippen molar-refractivity contribution in [2.45, 2.75) is 59.8 Å². The number of nitrogens with zero attached hydrogens (tertiary/aromatic N) is 2. The second kappa shape index (κ2) is 13.2. The Morgan fingerprint density at radius 3 is 2.36 bits per heavy atom. The molecule has 42 heavy (non-hydrogen) atoms. The van der Waals surface area contributed by atoms with Crippen molar-refractivity contribution in [1.29, 1.82) is 0 Å². The number of carbonyl (C=O) groups is 1. The number of benzene rings is 2. The van der Waals surface area contributed by atoms with Crippen molar-refractivity contribution < 1.29 is 28.5 Å². The maximum atomic E-state index is 14.1. The first kappa shape index (κ1) is 31.4. The molecule has 0 fully saturated rings. The van der Waals surface area contributed by atoms with Crippen molar-refractivity contribution in [2.75, 3.05) is 20.8 Å². The van der Waals surface area contributed by atoms with E-state index in [9.17, 15) is 9.59 Å². The second-order valence-corrected chi connectivity index (χ2v) is 12.0. The van der Waals surface area contributed by atoms with Crippen molar-refractivity contribution in [1.82, 2.24) is 4.57 Å². The second-order valence-electron chi connectivity index (χ2n) is 10.1. The largest absolute Gasteiger partial charge is 0.493 e. The topological polar surface area (TPSA) is 97.6 Å². The van der Waals surface area contributed by atoms with Crippen LogP contribution in [0.3, 0.4) is 0 Å². The highest BCUT2D eigenvalue weighted by atomic mass is 79.9. The van der Waals surface area contributed by atoms with Crippen LogP contribution in [0.5, 0.6) is 23.0 Å². The lowest BCUT2D eigenvalue weighted by Crippen LogP contribution is -2.40. The normalized spacial score (nSPS) is 15.0. The van der Waals surface area contributed by atoms with E-state index in [4.69, 9.17) is 23.7 Å². The zero-order valence-electron chi connectivity index (χ0n) is 24.9. The molecule has 0 aliphatic carbocycles. The Morgan fingerprint density at radius 1 is 1.05 bits per heavy atom. The third kappa shape index (κ3) is 6.42. The first-order valence-electron chi connectivity index (χ1n) is 13.6. The summed E-state index contributed by atoms with van der Waals surface area (Å²) in [4.78, 5) is 32.5. The van der Waals surface area contributed by atoms with Gasteiger partial charge < -0.3 is 23.7 Å². The van der Waals surface area contributed by atoms with Gasteiger partial charge in [0, 0.05) is 10.0 Å². The molecule has 0 saturated heterocycles. The Hall–Kier alpha value is -3.57. The fourth-order valence-electron chi connectivity index (χ4n) is 4.66. The van der Waals surface area contributed by atoms with Crippen molar-refractivity contribution >= 4 is 39.3 Å². The SMILES string of the molecule is CCOC(=O)C1=C(C)N=c2s/c(=C/c3cc(Br)cc(OC)c3OC(C)C)c(=O)n2[C@@H]1c1ccc(OC(C)C)c(OC)c1. The number of rotatable bonds is 10. The van der Waals surface area contributed by atoms with Crippen LogP contribution in [0.25, 0.3) is 6.08 Å². The summed E-state index contributed by atoms with van der Waals surface area (Å²) in [6, 6.07) is 8.27. The molecule has 0 amide bonds.